The Hall–Kier alpha value is -3.88. The molecule has 1 saturated heterocycles. The maximum atomic E-state index is 14.0. The van der Waals surface area contributed by atoms with Gasteiger partial charge in [0.2, 0.25) is 0 Å². The molecule has 1 saturated carbocycles. The Morgan fingerprint density at radius 1 is 1.00 bits per heavy atom. The molecule has 7 rings (SSSR count). The van der Waals surface area contributed by atoms with E-state index in [-0.39, 0.29) is 11.8 Å². The maximum absolute atomic E-state index is 14.0. The molecule has 3 aromatic heterocycles. The zero-order valence-corrected chi connectivity index (χ0v) is 25.1. The molecule has 0 spiro atoms. The van der Waals surface area contributed by atoms with Gasteiger partial charge >= 0.3 is 0 Å². The highest BCUT2D eigenvalue weighted by atomic mass is 32.1. The average molecular weight is 593 g/mol. The van der Waals surface area contributed by atoms with Gasteiger partial charge in [0.25, 0.3) is 11.8 Å². The number of amides is 2. The van der Waals surface area contributed by atoms with Crippen LogP contribution in [0.5, 0.6) is 0 Å². The van der Waals surface area contributed by atoms with Crippen LogP contribution in [0.25, 0.3) is 21.7 Å². The molecule has 0 radical (unpaired) electrons. The minimum atomic E-state index is -0.131. The van der Waals surface area contributed by atoms with Crippen molar-refractivity contribution in [2.75, 3.05) is 24.7 Å². The van der Waals surface area contributed by atoms with Crippen molar-refractivity contribution in [3.05, 3.63) is 88.7 Å². The second-order valence-electron chi connectivity index (χ2n) is 11.8. The third kappa shape index (κ3) is 6.26. The lowest BCUT2D eigenvalue weighted by molar-refractivity contribution is 0.0952. The number of nitrogens with one attached hydrogen (secondary N) is 1. The van der Waals surface area contributed by atoms with Crippen molar-refractivity contribution < 1.29 is 14.3 Å². The van der Waals surface area contributed by atoms with Gasteiger partial charge < -0.3 is 15.0 Å². The van der Waals surface area contributed by atoms with E-state index in [0.717, 1.165) is 95.3 Å². The Labute approximate surface area is 256 Å². The van der Waals surface area contributed by atoms with E-state index in [2.05, 4.69) is 17.4 Å². The minimum absolute atomic E-state index is 0.00394. The lowest BCUT2D eigenvalue weighted by Gasteiger charge is -2.23. The Balaban J connectivity index is 1.08. The molecule has 8 heteroatoms. The molecule has 1 aliphatic carbocycles. The smallest absolute Gasteiger partial charge is 0.276 e. The fourth-order valence-electron chi connectivity index (χ4n) is 6.09. The largest absolute Gasteiger partial charge is 0.381 e. The first-order valence-electron chi connectivity index (χ1n) is 15.5. The van der Waals surface area contributed by atoms with E-state index in [1.807, 2.05) is 53.6 Å². The quantitative estimate of drug-likeness (QED) is 0.258. The molecule has 2 fully saturated rings. The van der Waals surface area contributed by atoms with Crippen molar-refractivity contribution in [2.24, 2.45) is 5.92 Å². The van der Waals surface area contributed by atoms with E-state index in [9.17, 15) is 9.59 Å². The van der Waals surface area contributed by atoms with Crippen molar-refractivity contribution in [3.63, 3.8) is 0 Å². The van der Waals surface area contributed by atoms with Crippen molar-refractivity contribution in [2.45, 2.75) is 57.4 Å². The summed E-state index contributed by atoms with van der Waals surface area (Å²) in [5.41, 5.74) is 6.06. The van der Waals surface area contributed by atoms with Gasteiger partial charge in [-0.05, 0) is 99.2 Å². The molecule has 2 aliphatic heterocycles. The average Bonchev–Trinajstić information content (AvgIpc) is 3.84. The maximum Gasteiger partial charge on any atom is 0.276 e. The van der Waals surface area contributed by atoms with Gasteiger partial charge in [-0.2, -0.15) is 0 Å². The summed E-state index contributed by atoms with van der Waals surface area (Å²) < 4.78 is 5.60. The molecule has 0 bridgehead atoms. The molecule has 1 N–H and O–H groups in total. The summed E-state index contributed by atoms with van der Waals surface area (Å²) in [7, 11) is 0. The third-order valence-electron chi connectivity index (χ3n) is 8.70. The predicted octanol–water partition coefficient (Wildman–Crippen LogP) is 6.72. The number of rotatable bonds is 7. The molecule has 3 aliphatic rings. The second kappa shape index (κ2) is 12.4. The van der Waals surface area contributed by atoms with Gasteiger partial charge in [0.15, 0.2) is 0 Å². The molecule has 4 aromatic rings. The first-order valence-corrected chi connectivity index (χ1v) is 16.3. The molecule has 220 valence electrons. The van der Waals surface area contributed by atoms with Crippen molar-refractivity contribution in [1.29, 1.82) is 0 Å². The second-order valence-corrected chi connectivity index (χ2v) is 12.9. The number of pyridine rings is 2. The molecule has 1 aromatic carbocycles. The van der Waals surface area contributed by atoms with Crippen LogP contribution >= 0.6 is 11.3 Å². The van der Waals surface area contributed by atoms with E-state index < -0.39 is 0 Å². The molecular formula is C35H36N4O3S. The highest BCUT2D eigenvalue weighted by Gasteiger charge is 2.30. The van der Waals surface area contributed by atoms with Crippen molar-refractivity contribution in [3.8, 4) is 21.7 Å². The van der Waals surface area contributed by atoms with Crippen molar-refractivity contribution in [1.82, 2.24) is 15.3 Å². The van der Waals surface area contributed by atoms with Crippen LogP contribution in [0, 0.1) is 5.92 Å². The number of hydrogen-bond acceptors (Lipinski definition) is 6. The topological polar surface area (TPSA) is 84.4 Å². The first-order chi connectivity index (χ1) is 21.1. The third-order valence-corrected chi connectivity index (χ3v) is 9.91. The van der Waals surface area contributed by atoms with E-state index in [0.29, 0.717) is 30.6 Å². The number of benzene rings is 1. The Morgan fingerprint density at radius 2 is 1.91 bits per heavy atom. The summed E-state index contributed by atoms with van der Waals surface area (Å²) in [6.45, 7) is 2.27. The van der Waals surface area contributed by atoms with Crippen LogP contribution in [-0.4, -0.2) is 47.6 Å². The van der Waals surface area contributed by atoms with E-state index in [4.69, 9.17) is 14.7 Å². The highest BCUT2D eigenvalue weighted by molar-refractivity contribution is 7.17. The number of nitrogens with zero attached hydrogens (tertiary/aromatic N) is 3. The van der Waals surface area contributed by atoms with Gasteiger partial charge in [-0.3, -0.25) is 14.6 Å². The van der Waals surface area contributed by atoms with Gasteiger partial charge in [-0.15, -0.1) is 11.3 Å². The van der Waals surface area contributed by atoms with Gasteiger partial charge in [0, 0.05) is 53.7 Å². The van der Waals surface area contributed by atoms with Gasteiger partial charge in [0.05, 0.1) is 16.3 Å². The minimum Gasteiger partial charge on any atom is -0.381 e. The molecule has 7 nitrogen and oxygen atoms in total. The van der Waals surface area contributed by atoms with Crippen LogP contribution < -0.4 is 10.2 Å². The van der Waals surface area contributed by atoms with Crippen LogP contribution in [0.3, 0.4) is 0 Å². The van der Waals surface area contributed by atoms with Gasteiger partial charge in [-0.25, -0.2) is 4.98 Å². The number of anilines is 1. The van der Waals surface area contributed by atoms with Gasteiger partial charge in [-0.1, -0.05) is 24.3 Å². The Morgan fingerprint density at radius 3 is 2.77 bits per heavy atom. The number of aryl methyl sites for hydroxylation is 1. The summed E-state index contributed by atoms with van der Waals surface area (Å²) in [5.74, 6) is 0.578. The predicted molar refractivity (Wildman–Crippen MR) is 170 cm³/mol. The zero-order valence-electron chi connectivity index (χ0n) is 24.3. The van der Waals surface area contributed by atoms with Gasteiger partial charge in [0.1, 0.15) is 5.69 Å². The van der Waals surface area contributed by atoms with Crippen LogP contribution in [-0.2, 0) is 17.6 Å². The highest BCUT2D eigenvalue weighted by Crippen LogP contribution is 2.42. The number of thiophene rings is 1. The fraction of sp³-hybridized carbons (Fsp3) is 0.371. The number of aromatic nitrogens is 2. The molecule has 1 atom stereocenters. The summed E-state index contributed by atoms with van der Waals surface area (Å²) >= 11 is 1.51. The molecule has 43 heavy (non-hydrogen) atoms. The van der Waals surface area contributed by atoms with Crippen LogP contribution in [0.15, 0.2) is 66.9 Å². The Kier molecular flexibility index (Phi) is 8.04. The standard InChI is InChI=1S/C35H36N4O3S/c40-34(37-27-14-15-27)32-21-24-16-18-39(31-9-2-1-6-28(31)33(24)43-32)35(41)30-8-3-7-29(38-30)25-11-13-26(36-22-25)12-10-23-5-4-19-42-20-17-23/h1-3,6-9,11,13,21-23,27H,4-5,10,12,14-20H2,(H,37,40). The molecular weight excluding hydrogens is 556 g/mol. The van der Waals surface area contributed by atoms with Crippen molar-refractivity contribution >= 4 is 28.8 Å². The fourth-order valence-corrected chi connectivity index (χ4v) is 7.24. The lowest BCUT2D eigenvalue weighted by Crippen LogP contribution is -2.33. The Bertz CT molecular complexity index is 1620. The number of hydrogen-bond donors (Lipinski definition) is 1. The van der Waals surface area contributed by atoms with E-state index in [1.54, 1.807) is 6.07 Å². The summed E-state index contributed by atoms with van der Waals surface area (Å²) in [6, 6.07) is 20.0. The summed E-state index contributed by atoms with van der Waals surface area (Å²) in [5, 5.41) is 3.10. The number of carbonyl (C=O) groups is 2. The lowest BCUT2D eigenvalue weighted by atomic mass is 9.94. The number of ether oxygens (including phenoxy) is 1. The van der Waals surface area contributed by atoms with E-state index >= 15 is 0 Å². The molecule has 1 unspecified atom stereocenters. The number of carbonyl (C=O) groups excluding carboxylic acids is 2. The summed E-state index contributed by atoms with van der Waals surface area (Å²) in [4.78, 5) is 39.9. The molecule has 5 heterocycles. The number of para-hydroxylation sites is 1. The van der Waals surface area contributed by atoms with Crippen LogP contribution in [0.2, 0.25) is 0 Å². The zero-order chi connectivity index (χ0) is 29.2. The van der Waals surface area contributed by atoms with E-state index in [1.165, 1.54) is 17.8 Å². The monoisotopic (exact) mass is 592 g/mol. The summed E-state index contributed by atoms with van der Waals surface area (Å²) in [6.07, 6.45) is 10.3. The first kappa shape index (κ1) is 27.9. The molecule has 2 amide bonds. The van der Waals surface area contributed by atoms with Crippen LogP contribution in [0.1, 0.15) is 69.9 Å². The normalized spacial score (nSPS) is 18.2. The van der Waals surface area contributed by atoms with Crippen LogP contribution in [0.4, 0.5) is 5.69 Å². The SMILES string of the molecule is O=C(NC1CC1)c1cc2c(s1)-c1ccccc1N(C(=O)c1cccc(-c3ccc(CCC4CCCOCC4)nc3)n1)CC2. The number of fused-ring (bicyclic) bond motifs is 3.